The Hall–Kier alpha value is -0.530. The van der Waals surface area contributed by atoms with Gasteiger partial charge in [-0.1, -0.05) is 0 Å². The van der Waals surface area contributed by atoms with E-state index in [9.17, 15) is 4.79 Å². The van der Waals surface area contributed by atoms with Gasteiger partial charge >= 0.3 is 0 Å². The number of aliphatic hydroxyl groups is 5. The Balaban J connectivity index is 4.07. The summed E-state index contributed by atoms with van der Waals surface area (Å²) in [5.74, 6) is 0. The first-order chi connectivity index (χ1) is 5.54. The summed E-state index contributed by atoms with van der Waals surface area (Å²) in [5.41, 5.74) is 0. The van der Waals surface area contributed by atoms with Crippen molar-refractivity contribution in [2.45, 2.75) is 24.4 Å². The standard InChI is InChI=1S/C6H12O6/c7-1-3(9)5(11)6(12)4(10)2-8/h1,3-6,8-12H,2H2/t3-,4?,5+,6-/m1/s1. The van der Waals surface area contributed by atoms with E-state index < -0.39 is 31.0 Å². The van der Waals surface area contributed by atoms with Gasteiger partial charge in [0.1, 0.15) is 24.4 Å². The van der Waals surface area contributed by atoms with E-state index in [0.717, 1.165) is 0 Å². The van der Waals surface area contributed by atoms with Gasteiger partial charge in [0.2, 0.25) is 0 Å². The molecular formula is C6H12O6. The molecule has 0 bridgehead atoms. The molecule has 0 saturated heterocycles. The number of aldehydes is 1. The van der Waals surface area contributed by atoms with Crippen LogP contribution in [0.5, 0.6) is 0 Å². The van der Waals surface area contributed by atoms with Crippen LogP contribution < -0.4 is 0 Å². The number of rotatable bonds is 5. The van der Waals surface area contributed by atoms with Crippen molar-refractivity contribution in [3.05, 3.63) is 0 Å². The van der Waals surface area contributed by atoms with E-state index in [1.165, 1.54) is 0 Å². The van der Waals surface area contributed by atoms with Crippen LogP contribution in [0.25, 0.3) is 0 Å². The molecule has 0 heterocycles. The van der Waals surface area contributed by atoms with Gasteiger partial charge in [-0.3, -0.25) is 0 Å². The minimum Gasteiger partial charge on any atom is -0.394 e. The first-order valence-corrected chi connectivity index (χ1v) is 3.33. The average molecular weight is 180 g/mol. The van der Waals surface area contributed by atoms with Gasteiger partial charge in [0.25, 0.3) is 0 Å². The maximum atomic E-state index is 9.90. The molecule has 0 aromatic heterocycles. The zero-order chi connectivity index (χ0) is 9.72. The zero-order valence-corrected chi connectivity index (χ0v) is 6.24. The summed E-state index contributed by atoms with van der Waals surface area (Å²) in [6.45, 7) is -0.760. The summed E-state index contributed by atoms with van der Waals surface area (Å²) in [6.07, 6.45) is -6.84. The Morgan fingerprint density at radius 1 is 1.08 bits per heavy atom. The maximum Gasteiger partial charge on any atom is 0.151 e. The average Bonchev–Trinajstić information content (AvgIpc) is 2.12. The molecule has 1 unspecified atom stereocenters. The lowest BCUT2D eigenvalue weighted by Crippen LogP contribution is -2.46. The highest BCUT2D eigenvalue weighted by Gasteiger charge is 2.29. The molecule has 12 heavy (non-hydrogen) atoms. The van der Waals surface area contributed by atoms with Crippen LogP contribution in [0.4, 0.5) is 0 Å². The van der Waals surface area contributed by atoms with Gasteiger partial charge in [-0.2, -0.15) is 0 Å². The van der Waals surface area contributed by atoms with Crippen LogP contribution in [-0.4, -0.2) is 62.8 Å². The number of hydrogen-bond donors (Lipinski definition) is 5. The molecule has 0 fully saturated rings. The Morgan fingerprint density at radius 2 is 1.58 bits per heavy atom. The smallest absolute Gasteiger partial charge is 0.151 e. The monoisotopic (exact) mass is 180 g/mol. The van der Waals surface area contributed by atoms with Gasteiger partial charge in [-0.15, -0.1) is 0 Å². The molecule has 5 N–H and O–H groups in total. The molecule has 0 aromatic rings. The van der Waals surface area contributed by atoms with Crippen LogP contribution in [0, 0.1) is 0 Å². The Bertz CT molecular complexity index is 138. The third-order valence-corrected chi connectivity index (χ3v) is 1.42. The fourth-order valence-corrected chi connectivity index (χ4v) is 0.618. The lowest BCUT2D eigenvalue weighted by atomic mass is 10.0. The second-order valence-electron chi connectivity index (χ2n) is 2.36. The third-order valence-electron chi connectivity index (χ3n) is 1.42. The molecule has 6 nitrogen and oxygen atoms in total. The molecule has 4 atom stereocenters. The topological polar surface area (TPSA) is 118 Å². The quantitative estimate of drug-likeness (QED) is 0.282. The summed E-state index contributed by atoms with van der Waals surface area (Å²) in [4.78, 5) is 9.90. The highest BCUT2D eigenvalue weighted by atomic mass is 16.4. The predicted octanol–water partition coefficient (Wildman–Crippen LogP) is -3.38. The van der Waals surface area contributed by atoms with Gasteiger partial charge in [-0.05, 0) is 0 Å². The molecule has 0 aliphatic heterocycles. The first-order valence-electron chi connectivity index (χ1n) is 3.33. The summed E-state index contributed by atoms with van der Waals surface area (Å²) in [7, 11) is 0. The Labute approximate surface area is 68.7 Å². The Morgan fingerprint density at radius 3 is 1.92 bits per heavy atom. The molecule has 0 spiro atoms. The Kier molecular flexibility index (Phi) is 4.95. The largest absolute Gasteiger partial charge is 0.394 e. The predicted molar refractivity (Wildman–Crippen MR) is 37.2 cm³/mol. The van der Waals surface area contributed by atoms with Crippen molar-refractivity contribution in [1.82, 2.24) is 0 Å². The second-order valence-corrected chi connectivity index (χ2v) is 2.36. The van der Waals surface area contributed by atoms with E-state index in [4.69, 9.17) is 25.5 Å². The lowest BCUT2D eigenvalue weighted by Gasteiger charge is -2.22. The molecule has 0 amide bonds. The van der Waals surface area contributed by atoms with E-state index in [1.807, 2.05) is 0 Å². The number of carbonyl (C=O) groups excluding carboxylic acids is 1. The van der Waals surface area contributed by atoms with Crippen molar-refractivity contribution in [1.29, 1.82) is 0 Å². The minimum absolute atomic E-state index is 0.0258. The highest BCUT2D eigenvalue weighted by Crippen LogP contribution is 2.02. The van der Waals surface area contributed by atoms with Gasteiger partial charge < -0.3 is 30.3 Å². The fraction of sp³-hybridized carbons (Fsp3) is 0.833. The van der Waals surface area contributed by atoms with Gasteiger partial charge in [0.05, 0.1) is 6.61 Å². The van der Waals surface area contributed by atoms with Crippen molar-refractivity contribution in [2.75, 3.05) is 6.61 Å². The molecule has 0 radical (unpaired) electrons. The third kappa shape index (κ3) is 2.84. The summed E-state index contributed by atoms with van der Waals surface area (Å²) in [5, 5.41) is 43.5. The van der Waals surface area contributed by atoms with Crippen LogP contribution in [0.15, 0.2) is 0 Å². The van der Waals surface area contributed by atoms with E-state index in [-0.39, 0.29) is 6.29 Å². The van der Waals surface area contributed by atoms with Crippen LogP contribution in [0.2, 0.25) is 0 Å². The molecule has 72 valence electrons. The van der Waals surface area contributed by atoms with Crippen molar-refractivity contribution in [3.8, 4) is 0 Å². The molecular weight excluding hydrogens is 168 g/mol. The minimum atomic E-state index is -1.79. The highest BCUT2D eigenvalue weighted by molar-refractivity contribution is 5.56. The van der Waals surface area contributed by atoms with Gasteiger partial charge in [-0.25, -0.2) is 0 Å². The molecule has 0 aliphatic rings. The molecule has 0 aliphatic carbocycles. The van der Waals surface area contributed by atoms with E-state index >= 15 is 0 Å². The zero-order valence-electron chi connectivity index (χ0n) is 6.24. The van der Waals surface area contributed by atoms with Crippen LogP contribution in [0.3, 0.4) is 0 Å². The van der Waals surface area contributed by atoms with E-state index in [2.05, 4.69) is 0 Å². The van der Waals surface area contributed by atoms with Crippen molar-refractivity contribution >= 4 is 6.29 Å². The van der Waals surface area contributed by atoms with Crippen molar-refractivity contribution in [3.63, 3.8) is 0 Å². The lowest BCUT2D eigenvalue weighted by molar-refractivity contribution is -0.136. The molecule has 6 heteroatoms. The number of carbonyl (C=O) groups is 1. The second kappa shape index (κ2) is 5.18. The summed E-state index contributed by atoms with van der Waals surface area (Å²) >= 11 is 0. The van der Waals surface area contributed by atoms with Crippen molar-refractivity contribution in [2.24, 2.45) is 0 Å². The number of hydrogen-bond acceptors (Lipinski definition) is 6. The van der Waals surface area contributed by atoms with Crippen LogP contribution in [-0.2, 0) is 4.79 Å². The first kappa shape index (κ1) is 11.5. The molecule has 0 saturated carbocycles. The molecule has 0 rings (SSSR count). The molecule has 0 aromatic carbocycles. The van der Waals surface area contributed by atoms with Gasteiger partial charge in [0.15, 0.2) is 6.29 Å². The summed E-state index contributed by atoms with van der Waals surface area (Å²) in [6, 6.07) is 0. The van der Waals surface area contributed by atoms with Crippen molar-refractivity contribution < 1.29 is 30.3 Å². The maximum absolute atomic E-state index is 9.90. The SMILES string of the molecule is O=C[C@@H](O)[C@H](O)[C@H](O)C(O)CO. The van der Waals surface area contributed by atoms with Crippen LogP contribution >= 0.6 is 0 Å². The van der Waals surface area contributed by atoms with E-state index in [0.29, 0.717) is 0 Å². The fourth-order valence-electron chi connectivity index (χ4n) is 0.618. The normalized spacial score (nSPS) is 21.1. The summed E-state index contributed by atoms with van der Waals surface area (Å²) < 4.78 is 0. The van der Waals surface area contributed by atoms with Gasteiger partial charge in [0, 0.05) is 0 Å². The van der Waals surface area contributed by atoms with Crippen LogP contribution in [0.1, 0.15) is 0 Å². The number of aliphatic hydroxyl groups excluding tert-OH is 5. The van der Waals surface area contributed by atoms with E-state index in [1.54, 1.807) is 0 Å².